The van der Waals surface area contributed by atoms with Crippen LogP contribution in [0.2, 0.25) is 0 Å². The molecule has 0 spiro atoms. The van der Waals surface area contributed by atoms with Gasteiger partial charge in [-0.3, -0.25) is 14.4 Å². The van der Waals surface area contributed by atoms with Crippen LogP contribution < -0.4 is 27.8 Å². The Morgan fingerprint density at radius 1 is 1.33 bits per heavy atom. The van der Waals surface area contributed by atoms with E-state index in [1.54, 1.807) is 11.8 Å². The number of nitrogens with zero attached hydrogens (tertiary/aromatic N) is 3. The van der Waals surface area contributed by atoms with Gasteiger partial charge in [-0.05, 0) is 19.8 Å². The van der Waals surface area contributed by atoms with Crippen molar-refractivity contribution in [3.05, 3.63) is 10.6 Å². The summed E-state index contributed by atoms with van der Waals surface area (Å²) in [6.07, 6.45) is 1.36. The van der Waals surface area contributed by atoms with Gasteiger partial charge in [-0.2, -0.15) is 0 Å². The molecule has 4 rings (SSSR count). The van der Waals surface area contributed by atoms with Crippen molar-refractivity contribution in [1.29, 1.82) is 0 Å². The summed E-state index contributed by atoms with van der Waals surface area (Å²) in [7, 11) is 0. The molecule has 3 fully saturated rings. The van der Waals surface area contributed by atoms with E-state index in [0.717, 1.165) is 6.42 Å². The van der Waals surface area contributed by atoms with Gasteiger partial charge in [-0.15, -0.1) is 11.8 Å². The van der Waals surface area contributed by atoms with Gasteiger partial charge in [0.2, 0.25) is 17.7 Å². The minimum atomic E-state index is -1.16. The lowest BCUT2D eigenvalue weighted by Crippen LogP contribution is -2.66. The molecule has 0 aromatic heterocycles. The maximum Gasteiger partial charge on any atom is 0.353 e. The van der Waals surface area contributed by atoms with E-state index in [1.165, 1.54) is 16.7 Å². The number of nitrogens with two attached hydrogens (primary N) is 3. The van der Waals surface area contributed by atoms with Crippen LogP contribution in [0.25, 0.3) is 0 Å². The van der Waals surface area contributed by atoms with E-state index in [0.29, 0.717) is 31.0 Å². The Bertz CT molecular complexity index is 1010. The Kier molecular flexibility index (Phi) is 7.48. The highest BCUT2D eigenvalue weighted by molar-refractivity contribution is 8.03. The quantitative estimate of drug-likeness (QED) is 0.113. The third-order valence-electron chi connectivity index (χ3n) is 7.34. The maximum absolute atomic E-state index is 13.0. The zero-order valence-electron chi connectivity index (χ0n) is 20.3. The van der Waals surface area contributed by atoms with E-state index in [4.69, 9.17) is 17.2 Å². The summed E-state index contributed by atoms with van der Waals surface area (Å²) in [5.74, 6) is -2.90. The largest absolute Gasteiger partial charge is 0.477 e. The zero-order valence-corrected chi connectivity index (χ0v) is 21.2. The topological polar surface area (TPSA) is 209 Å². The number of hydrogen-bond donors (Lipinski definition) is 6. The first-order valence-electron chi connectivity index (χ1n) is 12.1. The number of aliphatic imine (C=N–C) groups is 1. The Morgan fingerprint density at radius 3 is 2.67 bits per heavy atom. The number of amides is 3. The van der Waals surface area contributed by atoms with Crippen molar-refractivity contribution < 1.29 is 24.3 Å². The molecule has 4 heterocycles. The van der Waals surface area contributed by atoms with Crippen molar-refractivity contribution in [1.82, 2.24) is 20.4 Å². The highest BCUT2D eigenvalue weighted by Gasteiger charge is 2.60. The number of carbonyl (C=O) groups is 4. The number of carbonyl (C=O) groups excluding carboxylic acids is 3. The summed E-state index contributed by atoms with van der Waals surface area (Å²) < 4.78 is 0. The number of fused-ring (bicyclic) bond motifs is 1. The smallest absolute Gasteiger partial charge is 0.353 e. The molecule has 3 saturated heterocycles. The molecule has 0 bridgehead atoms. The first kappa shape index (κ1) is 26.2. The van der Waals surface area contributed by atoms with Crippen LogP contribution in [-0.2, 0) is 19.2 Å². The molecule has 0 radical (unpaired) electrons. The summed E-state index contributed by atoms with van der Waals surface area (Å²) in [5, 5.41) is 16.0. The molecule has 0 aromatic carbocycles. The SMILES string of the molecule is CC(NC(=O)CN=C(N)N)[C@H]1C(=O)N2C(C(=O)O)=C(S[C@@H]3CN[C@H](C(=O)N4CC[C@@H](N)C4)C3)[C@H](C)[C@H]12. The fourth-order valence-electron chi connectivity index (χ4n) is 5.62. The Morgan fingerprint density at radius 2 is 2.06 bits per heavy atom. The second-order valence-corrected chi connectivity index (χ2v) is 11.2. The number of nitrogens with one attached hydrogen (secondary N) is 2. The van der Waals surface area contributed by atoms with Crippen molar-refractivity contribution in [3.8, 4) is 0 Å². The lowest BCUT2D eigenvalue weighted by Gasteiger charge is -2.47. The van der Waals surface area contributed by atoms with Crippen LogP contribution in [0.1, 0.15) is 26.7 Å². The van der Waals surface area contributed by atoms with Crippen molar-refractivity contribution in [3.63, 3.8) is 0 Å². The van der Waals surface area contributed by atoms with E-state index in [-0.39, 0.29) is 59.3 Å². The second-order valence-electron chi connectivity index (χ2n) is 9.90. The number of carboxylic acids is 1. The van der Waals surface area contributed by atoms with Crippen LogP contribution in [0, 0.1) is 11.8 Å². The van der Waals surface area contributed by atoms with Crippen LogP contribution in [0.15, 0.2) is 15.6 Å². The molecular formula is C22H34N8O5S. The van der Waals surface area contributed by atoms with E-state index in [2.05, 4.69) is 15.6 Å². The minimum Gasteiger partial charge on any atom is -0.477 e. The molecule has 36 heavy (non-hydrogen) atoms. The fourth-order valence-corrected chi connectivity index (χ4v) is 7.10. The van der Waals surface area contributed by atoms with Gasteiger partial charge < -0.3 is 42.7 Å². The fraction of sp³-hybridized carbons (Fsp3) is 0.682. The van der Waals surface area contributed by atoms with Gasteiger partial charge in [0.15, 0.2) is 5.96 Å². The molecule has 13 nitrogen and oxygen atoms in total. The van der Waals surface area contributed by atoms with Crippen LogP contribution in [-0.4, -0.2) is 100 Å². The second kappa shape index (κ2) is 10.3. The van der Waals surface area contributed by atoms with Gasteiger partial charge in [-0.1, -0.05) is 6.92 Å². The molecule has 9 N–H and O–H groups in total. The normalized spacial score (nSPS) is 32.2. The number of carboxylic acid groups (broad SMARTS) is 1. The number of rotatable bonds is 8. The van der Waals surface area contributed by atoms with Crippen molar-refractivity contribution in [2.75, 3.05) is 26.2 Å². The van der Waals surface area contributed by atoms with Crippen LogP contribution in [0.4, 0.5) is 0 Å². The zero-order chi connectivity index (χ0) is 26.3. The lowest BCUT2D eigenvalue weighted by atomic mass is 9.78. The number of hydrogen-bond acceptors (Lipinski definition) is 8. The van der Waals surface area contributed by atoms with E-state index in [1.807, 2.05) is 6.92 Å². The molecule has 1 unspecified atom stereocenters. The molecule has 0 saturated carbocycles. The Balaban J connectivity index is 1.41. The molecule has 0 aromatic rings. The summed E-state index contributed by atoms with van der Waals surface area (Å²) in [4.78, 5) is 57.6. The minimum absolute atomic E-state index is 0.00178. The first-order valence-corrected chi connectivity index (χ1v) is 13.0. The molecule has 4 aliphatic heterocycles. The van der Waals surface area contributed by atoms with Gasteiger partial charge in [0, 0.05) is 47.8 Å². The standard InChI is InChI=1S/C22H34N8O5S/c1-9-16-15(10(2)28-14(31)7-27-22(24)25)20(33)30(16)17(21(34)35)18(9)36-12-5-13(26-6-12)19(32)29-4-3-11(23)8-29/h9-13,15-16,26H,3-8,23H2,1-2H3,(H,28,31)(H,34,35)(H4,24,25,27)/t9-,10?,11-,12+,13+,15-,16-/m1/s1. The first-order chi connectivity index (χ1) is 17.0. The molecule has 0 aliphatic carbocycles. The average Bonchev–Trinajstić information content (AvgIpc) is 3.50. The highest BCUT2D eigenvalue weighted by atomic mass is 32.2. The number of thioether (sulfide) groups is 1. The van der Waals surface area contributed by atoms with Gasteiger partial charge in [0.25, 0.3) is 0 Å². The highest BCUT2D eigenvalue weighted by Crippen LogP contribution is 2.51. The summed E-state index contributed by atoms with van der Waals surface area (Å²) in [6, 6.07) is -1.21. The van der Waals surface area contributed by atoms with Gasteiger partial charge in [-0.25, -0.2) is 9.79 Å². The molecule has 3 amide bonds. The predicted molar refractivity (Wildman–Crippen MR) is 133 cm³/mol. The van der Waals surface area contributed by atoms with E-state index < -0.39 is 23.8 Å². The maximum atomic E-state index is 13.0. The number of aliphatic carboxylic acids is 1. The van der Waals surface area contributed by atoms with Crippen LogP contribution in [0.3, 0.4) is 0 Å². The molecule has 198 valence electrons. The Labute approximate surface area is 213 Å². The lowest BCUT2D eigenvalue weighted by molar-refractivity contribution is -0.158. The molecular weight excluding hydrogens is 488 g/mol. The summed E-state index contributed by atoms with van der Waals surface area (Å²) in [6.45, 7) is 5.13. The van der Waals surface area contributed by atoms with Crippen LogP contribution >= 0.6 is 11.8 Å². The van der Waals surface area contributed by atoms with Crippen molar-refractivity contribution in [2.24, 2.45) is 34.0 Å². The predicted octanol–water partition coefficient (Wildman–Crippen LogP) is -2.44. The summed E-state index contributed by atoms with van der Waals surface area (Å²) >= 11 is 1.43. The molecule has 4 aliphatic rings. The summed E-state index contributed by atoms with van der Waals surface area (Å²) in [5.41, 5.74) is 16.5. The van der Waals surface area contributed by atoms with Gasteiger partial charge in [0.1, 0.15) is 12.2 Å². The third kappa shape index (κ3) is 4.89. The van der Waals surface area contributed by atoms with Crippen LogP contribution in [0.5, 0.6) is 0 Å². The van der Waals surface area contributed by atoms with E-state index >= 15 is 0 Å². The van der Waals surface area contributed by atoms with Crippen molar-refractivity contribution >= 4 is 41.4 Å². The number of β-lactam (4-membered cyclic amide) rings is 1. The van der Waals surface area contributed by atoms with E-state index in [9.17, 15) is 24.3 Å². The van der Waals surface area contributed by atoms with Gasteiger partial charge >= 0.3 is 5.97 Å². The monoisotopic (exact) mass is 522 g/mol. The Hall–Kier alpha value is -2.84. The van der Waals surface area contributed by atoms with Gasteiger partial charge in [0.05, 0.1) is 18.0 Å². The molecule has 14 heteroatoms. The average molecular weight is 523 g/mol. The molecule has 7 atom stereocenters. The van der Waals surface area contributed by atoms with Crippen molar-refractivity contribution in [2.45, 2.75) is 56.1 Å². The number of likely N-dealkylation sites (tertiary alicyclic amines) is 1. The number of guanidine groups is 1. The third-order valence-corrected chi connectivity index (χ3v) is 8.85.